The number of carbonyl (C=O) groups excluding carboxylic acids is 1. The van der Waals surface area contributed by atoms with Gasteiger partial charge in [-0.2, -0.15) is 0 Å². The van der Waals surface area contributed by atoms with Crippen molar-refractivity contribution in [3.05, 3.63) is 22.9 Å². The molecule has 1 aliphatic rings. The highest BCUT2D eigenvalue weighted by Crippen LogP contribution is 2.16. The van der Waals surface area contributed by atoms with Crippen LogP contribution >= 0.6 is 0 Å². The van der Waals surface area contributed by atoms with Crippen molar-refractivity contribution in [2.75, 3.05) is 31.1 Å². The molecule has 3 heterocycles. The molecule has 0 aromatic carbocycles. The van der Waals surface area contributed by atoms with Crippen LogP contribution in [0.2, 0.25) is 0 Å². The molecule has 0 radical (unpaired) electrons. The monoisotopic (exact) mass is 346 g/mol. The molecule has 0 atom stereocenters. The van der Waals surface area contributed by atoms with Crippen LogP contribution in [0.25, 0.3) is 11.2 Å². The van der Waals surface area contributed by atoms with Crippen molar-refractivity contribution in [1.82, 2.24) is 24.4 Å². The summed E-state index contributed by atoms with van der Waals surface area (Å²) < 4.78 is 6.77. The fraction of sp³-hybridized carbons (Fsp3) is 0.562. The molecule has 2 aromatic heterocycles. The molecule has 0 bridgehead atoms. The summed E-state index contributed by atoms with van der Waals surface area (Å²) in [7, 11) is 1.63. The number of amides is 1. The highest BCUT2D eigenvalue weighted by Gasteiger charge is 2.26. The molecule has 3 rings (SSSR count). The van der Waals surface area contributed by atoms with Crippen LogP contribution in [-0.2, 0) is 11.8 Å². The first-order chi connectivity index (χ1) is 11.7. The Balaban J connectivity index is 1.73. The normalized spacial score (nSPS) is 15.5. The number of rotatable bonds is 1. The standard InChI is InChI=1S/C16H22N6O3/c1-16(2,3)25-15(24)22-7-5-21(6-8-22)11-9-17-13-12(19-11)14(23)20(4)10-18-13/h9-10H,5-8H2,1-4H3. The van der Waals surface area contributed by atoms with Gasteiger partial charge < -0.3 is 19.1 Å². The summed E-state index contributed by atoms with van der Waals surface area (Å²) in [5.74, 6) is 0.612. The van der Waals surface area contributed by atoms with Gasteiger partial charge in [-0.3, -0.25) is 4.79 Å². The summed E-state index contributed by atoms with van der Waals surface area (Å²) in [6, 6.07) is 0. The van der Waals surface area contributed by atoms with Gasteiger partial charge in [-0.25, -0.2) is 19.7 Å². The summed E-state index contributed by atoms with van der Waals surface area (Å²) in [6.45, 7) is 7.79. The second-order valence-electron chi connectivity index (χ2n) is 7.02. The van der Waals surface area contributed by atoms with Crippen LogP contribution in [0.5, 0.6) is 0 Å². The fourth-order valence-corrected chi connectivity index (χ4v) is 2.57. The number of anilines is 1. The first-order valence-corrected chi connectivity index (χ1v) is 8.16. The third-order valence-electron chi connectivity index (χ3n) is 3.87. The summed E-state index contributed by atoms with van der Waals surface area (Å²) in [5, 5.41) is 0. The molecule has 9 nitrogen and oxygen atoms in total. The van der Waals surface area contributed by atoms with E-state index in [1.165, 1.54) is 10.9 Å². The van der Waals surface area contributed by atoms with Crippen LogP contribution in [0.3, 0.4) is 0 Å². The molecule has 25 heavy (non-hydrogen) atoms. The molecule has 2 aromatic rings. The van der Waals surface area contributed by atoms with E-state index in [0.717, 1.165) is 0 Å². The number of hydrogen-bond donors (Lipinski definition) is 0. The minimum absolute atomic E-state index is 0.230. The molecule has 0 saturated carbocycles. The Labute approximate surface area is 145 Å². The molecule has 1 saturated heterocycles. The average Bonchev–Trinajstić information content (AvgIpc) is 2.57. The van der Waals surface area contributed by atoms with E-state index < -0.39 is 5.60 Å². The molecule has 0 unspecified atom stereocenters. The lowest BCUT2D eigenvalue weighted by Gasteiger charge is -2.36. The smallest absolute Gasteiger partial charge is 0.410 e. The van der Waals surface area contributed by atoms with E-state index in [1.807, 2.05) is 25.7 Å². The SMILES string of the molecule is Cn1cnc2ncc(N3CCN(C(=O)OC(C)(C)C)CC3)nc2c1=O. The number of fused-ring (bicyclic) bond motifs is 1. The zero-order valence-electron chi connectivity index (χ0n) is 14.9. The van der Waals surface area contributed by atoms with Crippen molar-refractivity contribution in [3.63, 3.8) is 0 Å². The predicted molar refractivity (Wildman–Crippen MR) is 92.6 cm³/mol. The number of ether oxygens (including phenoxy) is 1. The third-order valence-corrected chi connectivity index (χ3v) is 3.87. The molecule has 0 spiro atoms. The molecule has 134 valence electrons. The highest BCUT2D eigenvalue weighted by molar-refractivity contribution is 5.70. The van der Waals surface area contributed by atoms with E-state index in [-0.39, 0.29) is 17.2 Å². The van der Waals surface area contributed by atoms with Crippen LogP contribution in [0.4, 0.5) is 10.6 Å². The molecule has 0 aliphatic carbocycles. The molecular formula is C16H22N6O3. The van der Waals surface area contributed by atoms with Crippen LogP contribution in [0.1, 0.15) is 20.8 Å². The first-order valence-electron chi connectivity index (χ1n) is 8.16. The van der Waals surface area contributed by atoms with E-state index >= 15 is 0 Å². The maximum atomic E-state index is 12.2. The summed E-state index contributed by atoms with van der Waals surface area (Å²) >= 11 is 0. The van der Waals surface area contributed by atoms with Gasteiger partial charge in [0.05, 0.1) is 12.5 Å². The lowest BCUT2D eigenvalue weighted by Crippen LogP contribution is -2.50. The first kappa shape index (κ1) is 17.1. The van der Waals surface area contributed by atoms with Crippen LogP contribution < -0.4 is 10.5 Å². The van der Waals surface area contributed by atoms with Crippen molar-refractivity contribution in [2.24, 2.45) is 7.05 Å². The number of aryl methyl sites for hydroxylation is 1. The topological polar surface area (TPSA) is 93.5 Å². The fourth-order valence-electron chi connectivity index (χ4n) is 2.57. The number of piperazine rings is 1. The number of carbonyl (C=O) groups is 1. The van der Waals surface area contributed by atoms with Gasteiger partial charge in [0.15, 0.2) is 11.2 Å². The highest BCUT2D eigenvalue weighted by atomic mass is 16.6. The number of nitrogens with zero attached hydrogens (tertiary/aromatic N) is 6. The molecule has 0 N–H and O–H groups in total. The van der Waals surface area contributed by atoms with Crippen LogP contribution in [0.15, 0.2) is 17.3 Å². The van der Waals surface area contributed by atoms with E-state index in [0.29, 0.717) is 37.6 Å². The van der Waals surface area contributed by atoms with Gasteiger partial charge in [-0.05, 0) is 20.8 Å². The lowest BCUT2D eigenvalue weighted by molar-refractivity contribution is 0.0240. The van der Waals surface area contributed by atoms with Crippen LogP contribution in [0, 0.1) is 0 Å². The predicted octanol–water partition coefficient (Wildman–Crippen LogP) is 0.781. The quantitative estimate of drug-likeness (QED) is 0.753. The van der Waals surface area contributed by atoms with Crippen molar-refractivity contribution in [2.45, 2.75) is 26.4 Å². The zero-order chi connectivity index (χ0) is 18.2. The Hall–Kier alpha value is -2.71. The van der Waals surface area contributed by atoms with Gasteiger partial charge in [0, 0.05) is 33.2 Å². The Morgan fingerprint density at radius 2 is 1.84 bits per heavy atom. The second kappa shape index (κ2) is 6.30. The summed E-state index contributed by atoms with van der Waals surface area (Å²) in [6.07, 6.45) is 2.73. The maximum Gasteiger partial charge on any atom is 0.410 e. The van der Waals surface area contributed by atoms with Crippen molar-refractivity contribution in [1.29, 1.82) is 0 Å². The average molecular weight is 346 g/mol. The molecule has 1 aliphatic heterocycles. The largest absolute Gasteiger partial charge is 0.444 e. The van der Waals surface area contributed by atoms with Gasteiger partial charge >= 0.3 is 6.09 Å². The van der Waals surface area contributed by atoms with E-state index in [2.05, 4.69) is 15.0 Å². The van der Waals surface area contributed by atoms with Gasteiger partial charge in [0.1, 0.15) is 11.4 Å². The molecule has 1 amide bonds. The van der Waals surface area contributed by atoms with Crippen molar-refractivity contribution < 1.29 is 9.53 Å². The Bertz CT molecular complexity index is 849. The van der Waals surface area contributed by atoms with Gasteiger partial charge in [0.25, 0.3) is 5.56 Å². The van der Waals surface area contributed by atoms with Gasteiger partial charge in [-0.15, -0.1) is 0 Å². The Morgan fingerprint density at radius 1 is 1.16 bits per heavy atom. The minimum Gasteiger partial charge on any atom is -0.444 e. The van der Waals surface area contributed by atoms with Crippen molar-refractivity contribution >= 4 is 23.1 Å². The maximum absolute atomic E-state index is 12.2. The van der Waals surface area contributed by atoms with E-state index in [4.69, 9.17) is 4.74 Å². The lowest BCUT2D eigenvalue weighted by atomic mass is 10.2. The number of hydrogen-bond acceptors (Lipinski definition) is 7. The van der Waals surface area contributed by atoms with E-state index in [9.17, 15) is 9.59 Å². The molecule has 9 heteroatoms. The van der Waals surface area contributed by atoms with Crippen molar-refractivity contribution in [3.8, 4) is 0 Å². The van der Waals surface area contributed by atoms with Crippen LogP contribution in [-0.4, -0.2) is 62.3 Å². The third kappa shape index (κ3) is 3.70. The van der Waals surface area contributed by atoms with Gasteiger partial charge in [-0.1, -0.05) is 0 Å². The molecule has 1 fully saturated rings. The molecular weight excluding hydrogens is 324 g/mol. The Kier molecular flexibility index (Phi) is 4.32. The van der Waals surface area contributed by atoms with E-state index in [1.54, 1.807) is 18.1 Å². The summed E-state index contributed by atoms with van der Waals surface area (Å²) in [5.41, 5.74) is -0.159. The van der Waals surface area contributed by atoms with Gasteiger partial charge in [0.2, 0.25) is 0 Å². The summed E-state index contributed by atoms with van der Waals surface area (Å²) in [4.78, 5) is 40.7. The second-order valence-corrected chi connectivity index (χ2v) is 7.02. The number of aromatic nitrogens is 4. The Morgan fingerprint density at radius 3 is 2.48 bits per heavy atom. The minimum atomic E-state index is -0.509. The zero-order valence-corrected chi connectivity index (χ0v) is 14.9.